The summed E-state index contributed by atoms with van der Waals surface area (Å²) in [6, 6.07) is 10.3. The molecule has 3 rings (SSSR count). The third-order valence-corrected chi connectivity index (χ3v) is 2.96. The Labute approximate surface area is 99.8 Å². The van der Waals surface area contributed by atoms with Crippen molar-refractivity contribution in [1.82, 2.24) is 14.5 Å². The molecule has 0 aliphatic rings. The van der Waals surface area contributed by atoms with Crippen LogP contribution in [0.5, 0.6) is 0 Å². The van der Waals surface area contributed by atoms with Crippen molar-refractivity contribution in [2.45, 2.75) is 13.5 Å². The van der Waals surface area contributed by atoms with E-state index in [4.69, 9.17) is 0 Å². The largest absolute Gasteiger partial charge is 0.340 e. The second-order valence-corrected chi connectivity index (χ2v) is 4.12. The SMILES string of the molecule is Cc1cccc2c1ccn2Cc1ncccn1. The summed E-state index contributed by atoms with van der Waals surface area (Å²) in [5.74, 6) is 0.839. The normalized spacial score (nSPS) is 10.9. The zero-order chi connectivity index (χ0) is 11.7. The second-order valence-electron chi connectivity index (χ2n) is 4.12. The fourth-order valence-electron chi connectivity index (χ4n) is 2.08. The molecular formula is C14H13N3. The molecule has 0 unspecified atom stereocenters. The van der Waals surface area contributed by atoms with Crippen LogP contribution in [0.4, 0.5) is 0 Å². The van der Waals surface area contributed by atoms with Crippen LogP contribution in [0.15, 0.2) is 48.9 Å². The number of aryl methyl sites for hydroxylation is 1. The molecule has 84 valence electrons. The monoisotopic (exact) mass is 223 g/mol. The van der Waals surface area contributed by atoms with E-state index in [0.717, 1.165) is 5.82 Å². The number of rotatable bonds is 2. The molecule has 0 amide bonds. The van der Waals surface area contributed by atoms with Gasteiger partial charge in [0.25, 0.3) is 0 Å². The molecular weight excluding hydrogens is 210 g/mol. The zero-order valence-corrected chi connectivity index (χ0v) is 9.67. The van der Waals surface area contributed by atoms with E-state index in [2.05, 4.69) is 51.9 Å². The summed E-state index contributed by atoms with van der Waals surface area (Å²) in [5.41, 5.74) is 2.53. The van der Waals surface area contributed by atoms with Gasteiger partial charge in [-0.25, -0.2) is 9.97 Å². The fourth-order valence-corrected chi connectivity index (χ4v) is 2.08. The average molecular weight is 223 g/mol. The molecule has 0 bridgehead atoms. The topological polar surface area (TPSA) is 30.7 Å². The summed E-state index contributed by atoms with van der Waals surface area (Å²) < 4.78 is 2.18. The van der Waals surface area contributed by atoms with Gasteiger partial charge in [0.15, 0.2) is 0 Å². The lowest BCUT2D eigenvalue weighted by Gasteiger charge is -2.04. The molecule has 2 heterocycles. The number of benzene rings is 1. The first kappa shape index (κ1) is 10.0. The highest BCUT2D eigenvalue weighted by Crippen LogP contribution is 2.19. The van der Waals surface area contributed by atoms with Gasteiger partial charge in [0, 0.05) is 29.5 Å². The van der Waals surface area contributed by atoms with Gasteiger partial charge in [-0.05, 0) is 30.7 Å². The number of hydrogen-bond donors (Lipinski definition) is 0. The summed E-state index contributed by atoms with van der Waals surface area (Å²) in [4.78, 5) is 8.50. The van der Waals surface area contributed by atoms with Gasteiger partial charge in [-0.2, -0.15) is 0 Å². The summed E-state index contributed by atoms with van der Waals surface area (Å²) in [5, 5.41) is 1.29. The first-order chi connectivity index (χ1) is 8.34. The molecule has 0 radical (unpaired) electrons. The van der Waals surface area contributed by atoms with E-state index >= 15 is 0 Å². The van der Waals surface area contributed by atoms with Gasteiger partial charge in [-0.1, -0.05) is 12.1 Å². The van der Waals surface area contributed by atoms with Crippen LogP contribution >= 0.6 is 0 Å². The van der Waals surface area contributed by atoms with Crippen molar-refractivity contribution in [1.29, 1.82) is 0 Å². The Hall–Kier alpha value is -2.16. The highest BCUT2D eigenvalue weighted by molar-refractivity contribution is 5.83. The molecule has 0 N–H and O–H groups in total. The summed E-state index contributed by atoms with van der Waals surface area (Å²) in [6.07, 6.45) is 5.65. The zero-order valence-electron chi connectivity index (χ0n) is 9.67. The smallest absolute Gasteiger partial charge is 0.147 e. The van der Waals surface area contributed by atoms with Crippen LogP contribution in [-0.2, 0) is 6.54 Å². The molecule has 1 aromatic carbocycles. The quantitative estimate of drug-likeness (QED) is 0.668. The van der Waals surface area contributed by atoms with Crippen LogP contribution in [0.1, 0.15) is 11.4 Å². The van der Waals surface area contributed by atoms with Gasteiger partial charge < -0.3 is 4.57 Å². The highest BCUT2D eigenvalue weighted by Gasteiger charge is 2.04. The third-order valence-electron chi connectivity index (χ3n) is 2.96. The van der Waals surface area contributed by atoms with Crippen LogP contribution < -0.4 is 0 Å². The van der Waals surface area contributed by atoms with E-state index in [0.29, 0.717) is 6.54 Å². The maximum atomic E-state index is 4.25. The van der Waals surface area contributed by atoms with Gasteiger partial charge in [0.05, 0.1) is 6.54 Å². The Morgan fingerprint density at radius 3 is 2.71 bits per heavy atom. The summed E-state index contributed by atoms with van der Waals surface area (Å²) in [6.45, 7) is 2.85. The molecule has 0 saturated heterocycles. The Kier molecular flexibility index (Phi) is 2.37. The van der Waals surface area contributed by atoms with Crippen LogP contribution in [0.2, 0.25) is 0 Å². The van der Waals surface area contributed by atoms with Gasteiger partial charge in [-0.3, -0.25) is 0 Å². The van der Waals surface area contributed by atoms with Gasteiger partial charge in [0.1, 0.15) is 5.82 Å². The van der Waals surface area contributed by atoms with Crippen molar-refractivity contribution >= 4 is 10.9 Å². The number of hydrogen-bond acceptors (Lipinski definition) is 2. The van der Waals surface area contributed by atoms with Crippen LogP contribution in [0, 0.1) is 6.92 Å². The van der Waals surface area contributed by atoms with Crippen molar-refractivity contribution in [3.8, 4) is 0 Å². The minimum Gasteiger partial charge on any atom is -0.340 e. The molecule has 3 heteroatoms. The van der Waals surface area contributed by atoms with E-state index in [9.17, 15) is 0 Å². The molecule has 2 aromatic heterocycles. The van der Waals surface area contributed by atoms with Crippen LogP contribution in [-0.4, -0.2) is 14.5 Å². The second kappa shape index (κ2) is 4.01. The highest BCUT2D eigenvalue weighted by atomic mass is 15.0. The van der Waals surface area contributed by atoms with Gasteiger partial charge in [0.2, 0.25) is 0 Å². The molecule has 0 aliphatic heterocycles. The van der Waals surface area contributed by atoms with Crippen LogP contribution in [0.3, 0.4) is 0 Å². The summed E-state index contributed by atoms with van der Waals surface area (Å²) >= 11 is 0. The lowest BCUT2D eigenvalue weighted by molar-refractivity contribution is 0.771. The Balaban J connectivity index is 2.05. The Bertz CT molecular complexity index is 641. The van der Waals surface area contributed by atoms with Gasteiger partial charge in [-0.15, -0.1) is 0 Å². The van der Waals surface area contributed by atoms with Crippen molar-refractivity contribution in [3.63, 3.8) is 0 Å². The first-order valence-corrected chi connectivity index (χ1v) is 5.65. The van der Waals surface area contributed by atoms with Crippen molar-refractivity contribution in [2.24, 2.45) is 0 Å². The minimum absolute atomic E-state index is 0.716. The Morgan fingerprint density at radius 1 is 1.06 bits per heavy atom. The van der Waals surface area contributed by atoms with E-state index in [-0.39, 0.29) is 0 Å². The molecule has 0 atom stereocenters. The predicted molar refractivity (Wildman–Crippen MR) is 67.8 cm³/mol. The van der Waals surface area contributed by atoms with E-state index in [1.165, 1.54) is 16.5 Å². The number of aromatic nitrogens is 3. The third kappa shape index (κ3) is 1.80. The summed E-state index contributed by atoms with van der Waals surface area (Å²) in [7, 11) is 0. The Morgan fingerprint density at radius 2 is 1.88 bits per heavy atom. The van der Waals surface area contributed by atoms with Crippen molar-refractivity contribution in [3.05, 3.63) is 60.3 Å². The van der Waals surface area contributed by atoms with Gasteiger partial charge >= 0.3 is 0 Å². The predicted octanol–water partition coefficient (Wildman–Crippen LogP) is 2.79. The van der Waals surface area contributed by atoms with Crippen molar-refractivity contribution < 1.29 is 0 Å². The number of fused-ring (bicyclic) bond motifs is 1. The van der Waals surface area contributed by atoms with E-state index in [1.54, 1.807) is 12.4 Å². The first-order valence-electron chi connectivity index (χ1n) is 5.65. The van der Waals surface area contributed by atoms with Crippen LogP contribution in [0.25, 0.3) is 10.9 Å². The minimum atomic E-state index is 0.716. The number of nitrogens with zero attached hydrogens (tertiary/aromatic N) is 3. The molecule has 3 aromatic rings. The molecule has 0 fully saturated rings. The molecule has 17 heavy (non-hydrogen) atoms. The maximum Gasteiger partial charge on any atom is 0.147 e. The van der Waals surface area contributed by atoms with Crippen molar-refractivity contribution in [2.75, 3.05) is 0 Å². The maximum absolute atomic E-state index is 4.25. The lowest BCUT2D eigenvalue weighted by Crippen LogP contribution is -2.02. The van der Waals surface area contributed by atoms with E-state index < -0.39 is 0 Å². The van der Waals surface area contributed by atoms with E-state index in [1.807, 2.05) is 6.07 Å². The molecule has 0 spiro atoms. The average Bonchev–Trinajstić information content (AvgIpc) is 2.76. The lowest BCUT2D eigenvalue weighted by atomic mass is 10.1. The standard InChI is InChI=1S/C14H13N3/c1-11-4-2-5-13-12(11)6-9-17(13)10-14-15-7-3-8-16-14/h2-9H,10H2,1H3. The molecule has 3 nitrogen and oxygen atoms in total. The molecule has 0 saturated carbocycles. The molecule has 0 aliphatic carbocycles. The fraction of sp³-hybridized carbons (Fsp3) is 0.143.